The van der Waals surface area contributed by atoms with Crippen LogP contribution in [0.2, 0.25) is 0 Å². The Kier molecular flexibility index (Phi) is 4.26. The zero-order chi connectivity index (χ0) is 17.2. The first-order valence-electron chi connectivity index (χ1n) is 8.93. The second-order valence-electron chi connectivity index (χ2n) is 6.93. The van der Waals surface area contributed by atoms with E-state index in [1.54, 1.807) is 0 Å². The summed E-state index contributed by atoms with van der Waals surface area (Å²) in [5.74, 6) is 1.65. The average Bonchev–Trinajstić information content (AvgIpc) is 3.08. The number of nitrogens with zero attached hydrogens (tertiary/aromatic N) is 3. The summed E-state index contributed by atoms with van der Waals surface area (Å²) < 4.78 is 2.07. The highest BCUT2D eigenvalue weighted by atomic mass is 16.2. The smallest absolute Gasteiger partial charge is 0.227 e. The van der Waals surface area contributed by atoms with E-state index in [-0.39, 0.29) is 5.91 Å². The van der Waals surface area contributed by atoms with Crippen molar-refractivity contribution in [1.82, 2.24) is 14.5 Å². The van der Waals surface area contributed by atoms with Crippen LogP contribution in [0.4, 0.5) is 0 Å². The molecule has 4 nitrogen and oxygen atoms in total. The molecule has 4 rings (SSSR count). The molecular weight excluding hydrogens is 310 g/mol. The van der Waals surface area contributed by atoms with Gasteiger partial charge in [0.2, 0.25) is 5.91 Å². The quantitative estimate of drug-likeness (QED) is 0.735. The van der Waals surface area contributed by atoms with Crippen LogP contribution in [0.25, 0.3) is 10.8 Å². The van der Waals surface area contributed by atoms with Crippen molar-refractivity contribution in [2.75, 3.05) is 13.1 Å². The molecule has 1 amide bonds. The zero-order valence-electron chi connectivity index (χ0n) is 14.6. The largest absolute Gasteiger partial charge is 0.342 e. The van der Waals surface area contributed by atoms with Crippen molar-refractivity contribution in [3.8, 4) is 0 Å². The SMILES string of the molecule is Cn1ccnc1[C@@H]1CCCN(C(=O)Cc2ccc3ccccc3c2)C1. The lowest BCUT2D eigenvalue weighted by molar-refractivity contribution is -0.131. The highest BCUT2D eigenvalue weighted by Gasteiger charge is 2.26. The van der Waals surface area contributed by atoms with E-state index in [9.17, 15) is 4.79 Å². The Hall–Kier alpha value is -2.62. The van der Waals surface area contributed by atoms with Gasteiger partial charge in [-0.15, -0.1) is 0 Å². The molecule has 1 aromatic heterocycles. The molecule has 4 heteroatoms. The van der Waals surface area contributed by atoms with Crippen molar-refractivity contribution >= 4 is 16.7 Å². The molecule has 128 valence electrons. The number of carbonyl (C=O) groups excluding carboxylic acids is 1. The molecule has 1 aliphatic rings. The number of imidazole rings is 1. The van der Waals surface area contributed by atoms with Gasteiger partial charge < -0.3 is 9.47 Å². The van der Waals surface area contributed by atoms with Gasteiger partial charge in [0, 0.05) is 38.4 Å². The third kappa shape index (κ3) is 3.29. The summed E-state index contributed by atoms with van der Waals surface area (Å²) in [6.45, 7) is 1.63. The Morgan fingerprint density at radius 1 is 1.20 bits per heavy atom. The highest BCUT2D eigenvalue weighted by Crippen LogP contribution is 2.26. The second-order valence-corrected chi connectivity index (χ2v) is 6.93. The zero-order valence-corrected chi connectivity index (χ0v) is 14.6. The van der Waals surface area contributed by atoms with Crippen LogP contribution in [0, 0.1) is 0 Å². The number of hydrogen-bond donors (Lipinski definition) is 0. The van der Waals surface area contributed by atoms with E-state index in [2.05, 4.69) is 39.9 Å². The monoisotopic (exact) mass is 333 g/mol. The summed E-state index contributed by atoms with van der Waals surface area (Å²) in [4.78, 5) is 19.3. The predicted octanol–water partition coefficient (Wildman–Crippen LogP) is 3.52. The minimum absolute atomic E-state index is 0.217. The van der Waals surface area contributed by atoms with Crippen LogP contribution in [0.3, 0.4) is 0 Å². The standard InChI is InChI=1S/C21H23N3O/c1-23-12-10-22-21(23)19-7-4-11-24(15-19)20(25)14-16-8-9-17-5-2-3-6-18(17)13-16/h2-3,5-6,8-10,12-13,19H,4,7,11,14-15H2,1H3/t19-/m1/s1. The Bertz CT molecular complexity index is 899. The molecule has 0 bridgehead atoms. The number of carbonyl (C=O) groups is 1. The van der Waals surface area contributed by atoms with Gasteiger partial charge in [-0.3, -0.25) is 4.79 Å². The molecule has 0 spiro atoms. The van der Waals surface area contributed by atoms with E-state index in [1.807, 2.05) is 36.5 Å². The summed E-state index contributed by atoms with van der Waals surface area (Å²) in [7, 11) is 2.03. The van der Waals surface area contributed by atoms with Gasteiger partial charge in [0.15, 0.2) is 0 Å². The molecule has 0 N–H and O–H groups in total. The first-order chi connectivity index (χ1) is 12.2. The fourth-order valence-electron chi connectivity index (χ4n) is 3.82. The third-order valence-electron chi connectivity index (χ3n) is 5.17. The van der Waals surface area contributed by atoms with Crippen LogP contribution in [0.1, 0.15) is 30.1 Å². The first kappa shape index (κ1) is 15.9. The molecule has 0 saturated carbocycles. The van der Waals surface area contributed by atoms with Crippen LogP contribution >= 0.6 is 0 Å². The van der Waals surface area contributed by atoms with Gasteiger partial charge >= 0.3 is 0 Å². The Balaban J connectivity index is 1.47. The van der Waals surface area contributed by atoms with Crippen LogP contribution in [-0.2, 0) is 18.3 Å². The van der Waals surface area contributed by atoms with Gasteiger partial charge in [-0.1, -0.05) is 42.5 Å². The molecule has 0 unspecified atom stereocenters. The fourth-order valence-corrected chi connectivity index (χ4v) is 3.82. The predicted molar refractivity (Wildman–Crippen MR) is 99.4 cm³/mol. The van der Waals surface area contributed by atoms with Crippen LogP contribution in [0.15, 0.2) is 54.9 Å². The lowest BCUT2D eigenvalue weighted by Gasteiger charge is -2.32. The summed E-state index contributed by atoms with van der Waals surface area (Å²) in [6.07, 6.45) is 6.43. The van der Waals surface area contributed by atoms with Crippen LogP contribution in [0.5, 0.6) is 0 Å². The van der Waals surface area contributed by atoms with E-state index in [0.29, 0.717) is 12.3 Å². The number of benzene rings is 2. The molecular formula is C21H23N3O. The summed E-state index contributed by atoms with van der Waals surface area (Å²) in [5, 5.41) is 2.41. The molecule has 1 atom stereocenters. The number of aryl methyl sites for hydroxylation is 1. The maximum absolute atomic E-state index is 12.8. The molecule has 1 saturated heterocycles. The number of piperidine rings is 1. The van der Waals surface area contributed by atoms with Crippen molar-refractivity contribution in [2.45, 2.75) is 25.2 Å². The number of hydrogen-bond acceptors (Lipinski definition) is 2. The van der Waals surface area contributed by atoms with Crippen molar-refractivity contribution in [3.05, 3.63) is 66.2 Å². The van der Waals surface area contributed by atoms with Gasteiger partial charge in [-0.05, 0) is 29.2 Å². The first-order valence-corrected chi connectivity index (χ1v) is 8.93. The topological polar surface area (TPSA) is 38.1 Å². The molecule has 0 radical (unpaired) electrons. The van der Waals surface area contributed by atoms with Gasteiger partial charge in [0.1, 0.15) is 5.82 Å². The number of aromatic nitrogens is 2. The Morgan fingerprint density at radius 3 is 2.84 bits per heavy atom. The second kappa shape index (κ2) is 6.71. The molecule has 2 heterocycles. The van der Waals surface area contributed by atoms with Gasteiger partial charge in [0.05, 0.1) is 6.42 Å². The molecule has 0 aliphatic carbocycles. The van der Waals surface area contributed by atoms with E-state index >= 15 is 0 Å². The van der Waals surface area contributed by atoms with Crippen LogP contribution in [-0.4, -0.2) is 33.4 Å². The van der Waals surface area contributed by atoms with Crippen molar-refractivity contribution in [2.24, 2.45) is 7.05 Å². The normalized spacial score (nSPS) is 17.8. The fraction of sp³-hybridized carbons (Fsp3) is 0.333. The van der Waals surface area contributed by atoms with Gasteiger partial charge in [-0.25, -0.2) is 4.98 Å². The number of amides is 1. The maximum atomic E-state index is 12.8. The maximum Gasteiger partial charge on any atom is 0.227 e. The lowest BCUT2D eigenvalue weighted by atomic mass is 9.96. The summed E-state index contributed by atoms with van der Waals surface area (Å²) in [5.41, 5.74) is 1.09. The molecule has 1 fully saturated rings. The van der Waals surface area contributed by atoms with Crippen molar-refractivity contribution in [1.29, 1.82) is 0 Å². The van der Waals surface area contributed by atoms with Crippen LogP contribution < -0.4 is 0 Å². The molecule has 1 aliphatic heterocycles. The highest BCUT2D eigenvalue weighted by molar-refractivity contribution is 5.85. The number of fused-ring (bicyclic) bond motifs is 1. The molecule has 25 heavy (non-hydrogen) atoms. The molecule has 2 aromatic carbocycles. The minimum atomic E-state index is 0.217. The average molecular weight is 333 g/mol. The molecule has 3 aromatic rings. The lowest BCUT2D eigenvalue weighted by Crippen LogP contribution is -2.40. The van der Waals surface area contributed by atoms with E-state index < -0.39 is 0 Å². The van der Waals surface area contributed by atoms with Crippen molar-refractivity contribution < 1.29 is 4.79 Å². The Labute approximate surface area is 148 Å². The Morgan fingerprint density at radius 2 is 2.04 bits per heavy atom. The van der Waals surface area contributed by atoms with E-state index in [1.165, 1.54) is 10.8 Å². The van der Waals surface area contributed by atoms with Gasteiger partial charge in [0.25, 0.3) is 0 Å². The number of rotatable bonds is 3. The van der Waals surface area contributed by atoms with E-state index in [4.69, 9.17) is 0 Å². The van der Waals surface area contributed by atoms with Gasteiger partial charge in [-0.2, -0.15) is 0 Å². The van der Waals surface area contributed by atoms with Crippen molar-refractivity contribution in [3.63, 3.8) is 0 Å². The summed E-state index contributed by atoms with van der Waals surface area (Å²) >= 11 is 0. The minimum Gasteiger partial charge on any atom is -0.342 e. The summed E-state index contributed by atoms with van der Waals surface area (Å²) in [6, 6.07) is 14.6. The number of likely N-dealkylation sites (tertiary alicyclic amines) is 1. The third-order valence-corrected chi connectivity index (χ3v) is 5.17. The van der Waals surface area contributed by atoms with E-state index in [0.717, 1.165) is 37.3 Å².